The van der Waals surface area contributed by atoms with Gasteiger partial charge in [-0.25, -0.2) is 0 Å². The maximum Gasteiger partial charge on any atom is 0.138 e. The van der Waals surface area contributed by atoms with Crippen LogP contribution >= 0.6 is 0 Å². The van der Waals surface area contributed by atoms with Gasteiger partial charge in [0.25, 0.3) is 0 Å². The first-order valence-electron chi connectivity index (χ1n) is 8.07. The van der Waals surface area contributed by atoms with E-state index in [2.05, 4.69) is 30.2 Å². The molecule has 1 aromatic rings. The molecule has 2 fully saturated rings. The topological polar surface area (TPSA) is 34.1 Å². The number of nitrogens with one attached hydrogen (secondary N) is 1. The molecule has 2 aliphatic carbocycles. The van der Waals surface area contributed by atoms with Gasteiger partial charge in [-0.05, 0) is 69.5 Å². The predicted octanol–water partition coefficient (Wildman–Crippen LogP) is 3.50. The lowest BCUT2D eigenvalue weighted by molar-refractivity contribution is 0.241. The van der Waals surface area contributed by atoms with Crippen LogP contribution < -0.4 is 10.1 Å². The average Bonchev–Trinajstić information content (AvgIpc) is 3.13. The lowest BCUT2D eigenvalue weighted by atomic mass is 9.89. The van der Waals surface area contributed by atoms with Crippen molar-refractivity contribution in [2.75, 3.05) is 6.54 Å². The fourth-order valence-corrected chi connectivity index (χ4v) is 3.30. The molecule has 0 bridgehead atoms. The first kappa shape index (κ1) is 13.9. The summed E-state index contributed by atoms with van der Waals surface area (Å²) in [5.41, 5.74) is 1.36. The Morgan fingerprint density at radius 3 is 2.85 bits per heavy atom. The quantitative estimate of drug-likeness (QED) is 0.862. The highest BCUT2D eigenvalue weighted by Gasteiger charge is 2.30. The third-order valence-electron chi connectivity index (χ3n) is 4.44. The minimum atomic E-state index is 0.211. The largest absolute Gasteiger partial charge is 0.489 e. The van der Waals surface area contributed by atoms with Gasteiger partial charge in [0.05, 0.1) is 12.3 Å². The van der Waals surface area contributed by atoms with Crippen LogP contribution in [0.1, 0.15) is 57.4 Å². The molecule has 0 saturated heterocycles. The van der Waals surface area contributed by atoms with E-state index in [0.717, 1.165) is 17.7 Å². The molecule has 1 heterocycles. The monoisotopic (exact) mass is 274 g/mol. The molecule has 2 saturated carbocycles. The molecular formula is C17H26N2O. The molecular weight excluding hydrogens is 248 g/mol. The maximum atomic E-state index is 5.78. The van der Waals surface area contributed by atoms with E-state index >= 15 is 0 Å². The van der Waals surface area contributed by atoms with Gasteiger partial charge in [0, 0.05) is 12.2 Å². The molecule has 3 heteroatoms. The predicted molar refractivity (Wildman–Crippen MR) is 81.1 cm³/mol. The Kier molecular flexibility index (Phi) is 4.25. The standard InChI is InChI=1S/C17H26N2O/c1-12(2)20-16-8-14(9-18-11-16)17-5-3-4-13(17)10-19-15-6-7-15/h8-9,11-13,15,17,19H,3-7,10H2,1-2H3. The Morgan fingerprint density at radius 1 is 1.25 bits per heavy atom. The van der Waals surface area contributed by atoms with Crippen LogP contribution in [-0.2, 0) is 0 Å². The summed E-state index contributed by atoms with van der Waals surface area (Å²) >= 11 is 0. The van der Waals surface area contributed by atoms with Gasteiger partial charge >= 0.3 is 0 Å². The fraction of sp³-hybridized carbons (Fsp3) is 0.706. The minimum absolute atomic E-state index is 0.211. The fourth-order valence-electron chi connectivity index (χ4n) is 3.30. The lowest BCUT2D eigenvalue weighted by Gasteiger charge is -2.21. The van der Waals surface area contributed by atoms with Crippen LogP contribution in [-0.4, -0.2) is 23.7 Å². The molecule has 110 valence electrons. The Labute approximate surface area is 122 Å². The van der Waals surface area contributed by atoms with Crippen LogP contribution in [0.25, 0.3) is 0 Å². The molecule has 1 aromatic heterocycles. The molecule has 0 radical (unpaired) electrons. The van der Waals surface area contributed by atoms with Gasteiger partial charge in [-0.15, -0.1) is 0 Å². The van der Waals surface area contributed by atoms with E-state index in [9.17, 15) is 0 Å². The van der Waals surface area contributed by atoms with Crippen molar-refractivity contribution in [3.8, 4) is 5.75 Å². The van der Waals surface area contributed by atoms with Crippen LogP contribution in [0.4, 0.5) is 0 Å². The second-order valence-electron chi connectivity index (χ2n) is 6.60. The summed E-state index contributed by atoms with van der Waals surface area (Å²) in [5.74, 6) is 2.34. The van der Waals surface area contributed by atoms with E-state index in [-0.39, 0.29) is 6.10 Å². The van der Waals surface area contributed by atoms with Crippen LogP contribution in [0.2, 0.25) is 0 Å². The van der Waals surface area contributed by atoms with E-state index in [1.54, 1.807) is 0 Å². The zero-order chi connectivity index (χ0) is 13.9. The van der Waals surface area contributed by atoms with Crippen molar-refractivity contribution in [3.05, 3.63) is 24.0 Å². The highest BCUT2D eigenvalue weighted by Crippen LogP contribution is 2.40. The highest BCUT2D eigenvalue weighted by molar-refractivity contribution is 5.27. The van der Waals surface area contributed by atoms with Crippen LogP contribution in [0.5, 0.6) is 5.75 Å². The number of aromatic nitrogens is 1. The van der Waals surface area contributed by atoms with E-state index in [0.29, 0.717) is 5.92 Å². The van der Waals surface area contributed by atoms with Gasteiger partial charge in [0.1, 0.15) is 5.75 Å². The Bertz CT molecular complexity index is 442. The zero-order valence-corrected chi connectivity index (χ0v) is 12.6. The molecule has 2 atom stereocenters. The van der Waals surface area contributed by atoms with Gasteiger partial charge in [-0.3, -0.25) is 4.98 Å². The van der Waals surface area contributed by atoms with Gasteiger partial charge in [0.2, 0.25) is 0 Å². The first-order valence-corrected chi connectivity index (χ1v) is 8.07. The van der Waals surface area contributed by atoms with E-state index in [1.165, 1.54) is 44.2 Å². The molecule has 0 amide bonds. The molecule has 0 aromatic carbocycles. The van der Waals surface area contributed by atoms with Crippen molar-refractivity contribution in [3.63, 3.8) is 0 Å². The third-order valence-corrected chi connectivity index (χ3v) is 4.44. The molecule has 2 unspecified atom stereocenters. The third kappa shape index (κ3) is 3.51. The molecule has 2 aliphatic rings. The van der Waals surface area contributed by atoms with Crippen molar-refractivity contribution < 1.29 is 4.74 Å². The first-order chi connectivity index (χ1) is 9.72. The average molecular weight is 274 g/mol. The number of pyridine rings is 1. The Hall–Kier alpha value is -1.09. The van der Waals surface area contributed by atoms with Gasteiger partial charge in [-0.1, -0.05) is 6.42 Å². The second kappa shape index (κ2) is 6.13. The number of ether oxygens (including phenoxy) is 1. The molecule has 0 aliphatic heterocycles. The minimum Gasteiger partial charge on any atom is -0.489 e. The van der Waals surface area contributed by atoms with Gasteiger partial charge in [-0.2, -0.15) is 0 Å². The molecule has 3 nitrogen and oxygen atoms in total. The van der Waals surface area contributed by atoms with Gasteiger partial charge in [0.15, 0.2) is 0 Å². The van der Waals surface area contributed by atoms with Crippen LogP contribution in [0, 0.1) is 5.92 Å². The molecule has 3 rings (SSSR count). The Balaban J connectivity index is 1.66. The number of hydrogen-bond acceptors (Lipinski definition) is 3. The van der Waals surface area contributed by atoms with Crippen LogP contribution in [0.3, 0.4) is 0 Å². The zero-order valence-electron chi connectivity index (χ0n) is 12.6. The van der Waals surface area contributed by atoms with Crippen molar-refractivity contribution in [1.82, 2.24) is 10.3 Å². The summed E-state index contributed by atoms with van der Waals surface area (Å²) in [4.78, 5) is 4.38. The lowest BCUT2D eigenvalue weighted by Crippen LogP contribution is -2.26. The molecule has 1 N–H and O–H groups in total. The van der Waals surface area contributed by atoms with Crippen LogP contribution in [0.15, 0.2) is 18.5 Å². The summed E-state index contributed by atoms with van der Waals surface area (Å²) in [6.07, 6.45) is 10.8. The van der Waals surface area contributed by atoms with Crippen molar-refractivity contribution >= 4 is 0 Å². The highest BCUT2D eigenvalue weighted by atomic mass is 16.5. The number of rotatable bonds is 6. The van der Waals surface area contributed by atoms with E-state index < -0.39 is 0 Å². The molecule has 20 heavy (non-hydrogen) atoms. The smallest absolute Gasteiger partial charge is 0.138 e. The number of hydrogen-bond donors (Lipinski definition) is 1. The summed E-state index contributed by atoms with van der Waals surface area (Å²) < 4.78 is 5.78. The Morgan fingerprint density at radius 2 is 2.10 bits per heavy atom. The van der Waals surface area contributed by atoms with E-state index in [1.807, 2.05) is 12.4 Å². The summed E-state index contributed by atoms with van der Waals surface area (Å²) in [5, 5.41) is 3.69. The summed E-state index contributed by atoms with van der Waals surface area (Å²) in [6.45, 7) is 5.29. The SMILES string of the molecule is CC(C)Oc1cncc(C2CCCC2CNC2CC2)c1. The summed E-state index contributed by atoms with van der Waals surface area (Å²) in [7, 11) is 0. The van der Waals surface area contributed by atoms with Crippen molar-refractivity contribution in [2.45, 2.75) is 64.0 Å². The van der Waals surface area contributed by atoms with Gasteiger partial charge < -0.3 is 10.1 Å². The van der Waals surface area contributed by atoms with E-state index in [4.69, 9.17) is 4.74 Å². The maximum absolute atomic E-state index is 5.78. The van der Waals surface area contributed by atoms with Crippen molar-refractivity contribution in [1.29, 1.82) is 0 Å². The number of nitrogens with zero attached hydrogens (tertiary/aromatic N) is 1. The second-order valence-corrected chi connectivity index (χ2v) is 6.60. The molecule has 0 spiro atoms. The summed E-state index contributed by atoms with van der Waals surface area (Å²) in [6, 6.07) is 3.01. The van der Waals surface area contributed by atoms with Crippen molar-refractivity contribution in [2.24, 2.45) is 5.92 Å². The normalized spacial score (nSPS) is 26.1.